The molecule has 1 saturated carbocycles. The van der Waals surface area contributed by atoms with Crippen molar-refractivity contribution >= 4 is 18.4 Å². The molecule has 26 heavy (non-hydrogen) atoms. The molecule has 1 fully saturated rings. The Morgan fingerprint density at radius 2 is 2.12 bits per heavy atom. The molecule has 0 saturated heterocycles. The standard InChI is InChI=1S/C18H22N4O3S/c1-25-15-9-5-4-8-14(15)22-17(24)11(16(23)21-18(22)26)10-20-13-7-3-2-6-12(13)19/h4-5,8-10,12-13,24H,2-3,6-7,19H2,1H3,(H,21,23,26)/t12-,13-/m0/s1. The highest BCUT2D eigenvalue weighted by Crippen LogP contribution is 2.27. The summed E-state index contributed by atoms with van der Waals surface area (Å²) < 4.78 is 6.76. The van der Waals surface area contributed by atoms with Gasteiger partial charge in [-0.3, -0.25) is 19.3 Å². The van der Waals surface area contributed by atoms with Crippen LogP contribution in [0.25, 0.3) is 5.69 Å². The number of aromatic nitrogens is 2. The lowest BCUT2D eigenvalue weighted by Gasteiger charge is -2.25. The summed E-state index contributed by atoms with van der Waals surface area (Å²) in [6.07, 6.45) is 5.34. The zero-order valence-electron chi connectivity index (χ0n) is 14.5. The van der Waals surface area contributed by atoms with Crippen molar-refractivity contribution in [2.24, 2.45) is 10.7 Å². The maximum absolute atomic E-state index is 12.3. The Morgan fingerprint density at radius 3 is 2.85 bits per heavy atom. The van der Waals surface area contributed by atoms with E-state index in [4.69, 9.17) is 22.7 Å². The summed E-state index contributed by atoms with van der Waals surface area (Å²) in [5.74, 6) is 0.236. The van der Waals surface area contributed by atoms with Crippen molar-refractivity contribution in [2.45, 2.75) is 37.8 Å². The molecule has 0 radical (unpaired) electrons. The predicted molar refractivity (Wildman–Crippen MR) is 103 cm³/mol. The van der Waals surface area contributed by atoms with Crippen LogP contribution >= 0.6 is 12.2 Å². The van der Waals surface area contributed by atoms with Gasteiger partial charge in [0.2, 0.25) is 5.88 Å². The zero-order chi connectivity index (χ0) is 18.7. The normalized spacial score (nSPS) is 20.4. The van der Waals surface area contributed by atoms with Crippen molar-refractivity contribution in [1.29, 1.82) is 0 Å². The van der Waals surface area contributed by atoms with Gasteiger partial charge >= 0.3 is 0 Å². The molecule has 0 aliphatic heterocycles. The first-order valence-electron chi connectivity index (χ1n) is 8.53. The van der Waals surface area contributed by atoms with E-state index < -0.39 is 5.56 Å². The van der Waals surface area contributed by atoms with Crippen LogP contribution in [-0.2, 0) is 0 Å². The van der Waals surface area contributed by atoms with E-state index in [-0.39, 0.29) is 28.3 Å². The number of methoxy groups -OCH3 is 1. The van der Waals surface area contributed by atoms with Gasteiger partial charge in [0, 0.05) is 12.3 Å². The smallest absolute Gasteiger partial charge is 0.264 e. The van der Waals surface area contributed by atoms with Gasteiger partial charge in [-0.25, -0.2) is 0 Å². The Labute approximate surface area is 156 Å². The summed E-state index contributed by atoms with van der Waals surface area (Å²) in [7, 11) is 1.53. The second kappa shape index (κ2) is 7.84. The number of hydrogen-bond donors (Lipinski definition) is 3. The lowest BCUT2D eigenvalue weighted by molar-refractivity contribution is 0.387. The molecule has 0 bridgehead atoms. The minimum atomic E-state index is -0.494. The number of aliphatic imine (C=N–C) groups is 1. The summed E-state index contributed by atoms with van der Waals surface area (Å²) in [4.78, 5) is 19.3. The molecule has 7 nitrogen and oxygen atoms in total. The van der Waals surface area contributed by atoms with Gasteiger partial charge in [0.25, 0.3) is 5.56 Å². The molecule has 0 amide bonds. The molecule has 138 valence electrons. The molecule has 1 aromatic carbocycles. The molecule has 2 aromatic rings. The monoisotopic (exact) mass is 374 g/mol. The Kier molecular flexibility index (Phi) is 5.53. The van der Waals surface area contributed by atoms with Crippen molar-refractivity contribution in [2.75, 3.05) is 7.11 Å². The van der Waals surface area contributed by atoms with Crippen LogP contribution in [0.1, 0.15) is 31.2 Å². The molecule has 1 aromatic heterocycles. The summed E-state index contributed by atoms with van der Waals surface area (Å²) in [6, 6.07) is 7.01. The quantitative estimate of drug-likeness (QED) is 0.562. The molecule has 0 unspecified atom stereocenters. The van der Waals surface area contributed by atoms with E-state index in [9.17, 15) is 9.90 Å². The highest BCUT2D eigenvalue weighted by atomic mass is 32.1. The summed E-state index contributed by atoms with van der Waals surface area (Å²) in [5, 5.41) is 10.7. The van der Waals surface area contributed by atoms with Gasteiger partial charge in [0.1, 0.15) is 11.3 Å². The number of H-pyrrole nitrogens is 1. The average molecular weight is 374 g/mol. The molecule has 4 N–H and O–H groups in total. The van der Waals surface area contributed by atoms with Gasteiger partial charge in [-0.05, 0) is 37.2 Å². The van der Waals surface area contributed by atoms with E-state index in [1.54, 1.807) is 18.2 Å². The van der Waals surface area contributed by atoms with Crippen molar-refractivity contribution < 1.29 is 9.84 Å². The summed E-state index contributed by atoms with van der Waals surface area (Å²) >= 11 is 5.23. The zero-order valence-corrected chi connectivity index (χ0v) is 15.3. The van der Waals surface area contributed by atoms with E-state index in [1.807, 2.05) is 6.07 Å². The van der Waals surface area contributed by atoms with Crippen LogP contribution in [0.2, 0.25) is 0 Å². The van der Waals surface area contributed by atoms with Gasteiger partial charge < -0.3 is 15.6 Å². The van der Waals surface area contributed by atoms with Crippen LogP contribution < -0.4 is 16.0 Å². The van der Waals surface area contributed by atoms with Gasteiger partial charge in [-0.15, -0.1) is 0 Å². The van der Waals surface area contributed by atoms with Crippen LogP contribution in [0.15, 0.2) is 34.1 Å². The highest BCUT2D eigenvalue weighted by molar-refractivity contribution is 7.71. The number of nitrogens with zero attached hydrogens (tertiary/aromatic N) is 2. The van der Waals surface area contributed by atoms with E-state index in [0.717, 1.165) is 25.7 Å². The molecule has 0 spiro atoms. The molecule has 1 aliphatic rings. The SMILES string of the molecule is COc1ccccc1-n1c(O)c(C=N[C@H]2CCCC[C@@H]2N)c(=O)[nH]c1=S. The summed E-state index contributed by atoms with van der Waals surface area (Å²) in [5.41, 5.74) is 6.18. The Morgan fingerprint density at radius 1 is 1.38 bits per heavy atom. The number of nitrogens with one attached hydrogen (secondary N) is 1. The minimum absolute atomic E-state index is 0.0270. The third-order valence-corrected chi connectivity index (χ3v) is 4.91. The molecular weight excluding hydrogens is 352 g/mol. The van der Waals surface area contributed by atoms with Gasteiger partial charge in [-0.1, -0.05) is 25.0 Å². The Balaban J connectivity index is 2.08. The van der Waals surface area contributed by atoms with Crippen LogP contribution in [0.3, 0.4) is 0 Å². The Bertz CT molecular complexity index is 935. The van der Waals surface area contributed by atoms with Gasteiger partial charge in [-0.2, -0.15) is 0 Å². The first-order valence-corrected chi connectivity index (χ1v) is 8.94. The number of nitrogens with two attached hydrogens (primary N) is 1. The minimum Gasteiger partial charge on any atom is -0.495 e. The van der Waals surface area contributed by atoms with Crippen molar-refractivity contribution in [3.63, 3.8) is 0 Å². The van der Waals surface area contributed by atoms with E-state index >= 15 is 0 Å². The van der Waals surface area contributed by atoms with E-state index in [2.05, 4.69) is 9.98 Å². The fraction of sp³-hybridized carbons (Fsp3) is 0.389. The lowest BCUT2D eigenvalue weighted by atomic mass is 9.91. The second-order valence-corrected chi connectivity index (χ2v) is 6.68. The largest absolute Gasteiger partial charge is 0.495 e. The number of para-hydroxylation sites is 2. The molecule has 3 rings (SSSR count). The first-order chi connectivity index (χ1) is 12.5. The van der Waals surface area contributed by atoms with E-state index in [1.165, 1.54) is 17.9 Å². The third kappa shape index (κ3) is 3.56. The second-order valence-electron chi connectivity index (χ2n) is 6.30. The van der Waals surface area contributed by atoms with Crippen LogP contribution in [0, 0.1) is 4.77 Å². The maximum atomic E-state index is 12.3. The van der Waals surface area contributed by atoms with E-state index in [0.29, 0.717) is 11.4 Å². The number of ether oxygens (including phenoxy) is 1. The van der Waals surface area contributed by atoms with Crippen molar-refractivity contribution in [1.82, 2.24) is 9.55 Å². The number of rotatable bonds is 4. The number of benzene rings is 1. The predicted octanol–water partition coefficient (Wildman–Crippen LogP) is 2.30. The molecule has 1 heterocycles. The molecule has 1 aliphatic carbocycles. The molecular formula is C18H22N4O3S. The van der Waals surface area contributed by atoms with Crippen LogP contribution in [-0.4, -0.2) is 40.1 Å². The molecule has 2 atom stereocenters. The van der Waals surface area contributed by atoms with Crippen molar-refractivity contribution in [3.8, 4) is 17.3 Å². The first kappa shape index (κ1) is 18.3. The molecule has 8 heteroatoms. The number of hydrogen-bond acceptors (Lipinski definition) is 6. The average Bonchev–Trinajstić information content (AvgIpc) is 2.63. The lowest BCUT2D eigenvalue weighted by Crippen LogP contribution is -2.36. The van der Waals surface area contributed by atoms with Crippen LogP contribution in [0.5, 0.6) is 11.6 Å². The fourth-order valence-electron chi connectivity index (χ4n) is 3.19. The number of aromatic amines is 1. The topological polar surface area (TPSA) is 106 Å². The Hall–Kier alpha value is -2.45. The fourth-order valence-corrected chi connectivity index (χ4v) is 3.47. The van der Waals surface area contributed by atoms with Gasteiger partial charge in [0.05, 0.1) is 18.8 Å². The van der Waals surface area contributed by atoms with Gasteiger partial charge in [0.15, 0.2) is 4.77 Å². The third-order valence-electron chi connectivity index (χ3n) is 4.62. The van der Waals surface area contributed by atoms with Crippen LogP contribution in [0.4, 0.5) is 0 Å². The highest BCUT2D eigenvalue weighted by Gasteiger charge is 2.21. The number of aromatic hydroxyl groups is 1. The van der Waals surface area contributed by atoms with Crippen molar-refractivity contribution in [3.05, 3.63) is 45.0 Å². The summed E-state index contributed by atoms with van der Waals surface area (Å²) in [6.45, 7) is 0. The maximum Gasteiger partial charge on any atom is 0.264 e.